The fraction of sp³-hybridized carbons (Fsp3) is 0.389. The van der Waals surface area contributed by atoms with E-state index < -0.39 is 11.9 Å². The standard InChI is InChI=1S/C18H19ClFNO3S/c1-24-14-5-4-12(20)9-13(14)17(15-6-7-16(19)25-15)21-8-2-3-11(10-21)18(22)23/h4-7,9,11,17H,2-3,8,10H2,1H3,(H,22,23). The molecule has 1 saturated heterocycles. The van der Waals surface area contributed by atoms with Gasteiger partial charge in [0.25, 0.3) is 0 Å². The Kier molecular flexibility index (Phi) is 5.61. The molecule has 0 amide bonds. The van der Waals surface area contributed by atoms with Crippen molar-refractivity contribution in [1.82, 2.24) is 4.90 Å². The topological polar surface area (TPSA) is 49.8 Å². The van der Waals surface area contributed by atoms with Gasteiger partial charge in [0.15, 0.2) is 0 Å². The number of likely N-dealkylation sites (tertiary alicyclic amines) is 1. The number of methoxy groups -OCH3 is 1. The average molecular weight is 384 g/mol. The van der Waals surface area contributed by atoms with Crippen molar-refractivity contribution in [2.75, 3.05) is 20.2 Å². The highest BCUT2D eigenvalue weighted by Gasteiger charge is 2.33. The first-order valence-electron chi connectivity index (χ1n) is 8.05. The molecule has 1 aliphatic heterocycles. The molecule has 2 aromatic rings. The van der Waals surface area contributed by atoms with Gasteiger partial charge in [0.1, 0.15) is 11.6 Å². The molecule has 4 nitrogen and oxygen atoms in total. The summed E-state index contributed by atoms with van der Waals surface area (Å²) in [6, 6.07) is 7.85. The number of benzene rings is 1. The number of carboxylic acid groups (broad SMARTS) is 1. The summed E-state index contributed by atoms with van der Waals surface area (Å²) < 4.78 is 20.0. The van der Waals surface area contributed by atoms with Crippen LogP contribution in [-0.2, 0) is 4.79 Å². The third kappa shape index (κ3) is 3.97. The molecule has 134 valence electrons. The summed E-state index contributed by atoms with van der Waals surface area (Å²) in [6.45, 7) is 1.15. The van der Waals surface area contributed by atoms with Crippen LogP contribution >= 0.6 is 22.9 Å². The van der Waals surface area contributed by atoms with E-state index >= 15 is 0 Å². The predicted molar refractivity (Wildman–Crippen MR) is 96.1 cm³/mol. The minimum absolute atomic E-state index is 0.287. The second kappa shape index (κ2) is 7.72. The molecule has 2 atom stereocenters. The zero-order valence-corrected chi connectivity index (χ0v) is 15.3. The predicted octanol–water partition coefficient (Wildman–Crippen LogP) is 4.44. The van der Waals surface area contributed by atoms with E-state index in [1.807, 2.05) is 6.07 Å². The molecule has 2 unspecified atom stereocenters. The van der Waals surface area contributed by atoms with E-state index in [0.717, 1.165) is 17.8 Å². The van der Waals surface area contributed by atoms with E-state index in [2.05, 4.69) is 4.90 Å². The van der Waals surface area contributed by atoms with Crippen LogP contribution in [0, 0.1) is 11.7 Å². The number of piperidine rings is 1. The van der Waals surface area contributed by atoms with Gasteiger partial charge < -0.3 is 9.84 Å². The fourth-order valence-electron chi connectivity index (χ4n) is 3.37. The number of carboxylic acids is 1. The number of nitrogens with zero attached hydrogens (tertiary/aromatic N) is 1. The fourth-order valence-corrected chi connectivity index (χ4v) is 4.58. The Morgan fingerprint density at radius 1 is 1.44 bits per heavy atom. The number of halogens is 2. The van der Waals surface area contributed by atoms with Crippen LogP contribution in [0.25, 0.3) is 0 Å². The maximum atomic E-state index is 13.9. The Morgan fingerprint density at radius 3 is 2.88 bits per heavy atom. The largest absolute Gasteiger partial charge is 0.496 e. The molecule has 0 aliphatic carbocycles. The van der Waals surface area contributed by atoms with Gasteiger partial charge in [-0.3, -0.25) is 9.69 Å². The van der Waals surface area contributed by atoms with Crippen LogP contribution in [0.4, 0.5) is 4.39 Å². The van der Waals surface area contributed by atoms with Gasteiger partial charge in [-0.25, -0.2) is 4.39 Å². The van der Waals surface area contributed by atoms with Crippen molar-refractivity contribution in [3.63, 3.8) is 0 Å². The second-order valence-electron chi connectivity index (χ2n) is 6.10. The molecule has 1 aliphatic rings. The monoisotopic (exact) mass is 383 g/mol. The lowest BCUT2D eigenvalue weighted by Crippen LogP contribution is -2.41. The van der Waals surface area contributed by atoms with Crippen molar-refractivity contribution in [2.24, 2.45) is 5.92 Å². The zero-order valence-electron chi connectivity index (χ0n) is 13.7. The maximum absolute atomic E-state index is 13.9. The molecule has 3 rings (SSSR count). The minimum atomic E-state index is -0.793. The highest BCUT2D eigenvalue weighted by Crippen LogP contribution is 2.41. The molecular formula is C18H19ClFNO3S. The summed E-state index contributed by atoms with van der Waals surface area (Å²) in [4.78, 5) is 14.5. The molecule has 1 aromatic heterocycles. The Hall–Kier alpha value is -1.63. The van der Waals surface area contributed by atoms with Crippen molar-refractivity contribution in [2.45, 2.75) is 18.9 Å². The number of aliphatic carboxylic acids is 1. The van der Waals surface area contributed by atoms with E-state index in [9.17, 15) is 14.3 Å². The van der Waals surface area contributed by atoms with Crippen molar-refractivity contribution in [3.05, 3.63) is 50.9 Å². The van der Waals surface area contributed by atoms with Gasteiger partial charge in [-0.05, 0) is 49.7 Å². The summed E-state index contributed by atoms with van der Waals surface area (Å²) >= 11 is 7.53. The van der Waals surface area contributed by atoms with Crippen LogP contribution in [0.2, 0.25) is 4.34 Å². The molecule has 1 fully saturated rings. The van der Waals surface area contributed by atoms with Gasteiger partial charge in [-0.2, -0.15) is 0 Å². The summed E-state index contributed by atoms with van der Waals surface area (Å²) in [5.41, 5.74) is 0.687. The highest BCUT2D eigenvalue weighted by atomic mass is 35.5. The van der Waals surface area contributed by atoms with Gasteiger partial charge in [0.05, 0.1) is 23.4 Å². The number of rotatable bonds is 5. The van der Waals surface area contributed by atoms with E-state index in [-0.39, 0.29) is 11.9 Å². The molecule has 1 aromatic carbocycles. The van der Waals surface area contributed by atoms with E-state index in [1.54, 1.807) is 19.2 Å². The molecule has 25 heavy (non-hydrogen) atoms. The smallest absolute Gasteiger partial charge is 0.307 e. The van der Waals surface area contributed by atoms with Gasteiger partial charge >= 0.3 is 5.97 Å². The van der Waals surface area contributed by atoms with Gasteiger partial charge in [-0.15, -0.1) is 11.3 Å². The van der Waals surface area contributed by atoms with Crippen molar-refractivity contribution in [3.8, 4) is 5.75 Å². The zero-order chi connectivity index (χ0) is 18.0. The molecule has 0 saturated carbocycles. The van der Waals surface area contributed by atoms with Crippen LogP contribution in [-0.4, -0.2) is 36.2 Å². The molecule has 2 heterocycles. The average Bonchev–Trinajstić information content (AvgIpc) is 3.01. The third-order valence-corrected chi connectivity index (χ3v) is 5.80. The molecule has 1 N–H and O–H groups in total. The Labute approximate surface area is 154 Å². The Bertz CT molecular complexity index is 767. The first-order valence-corrected chi connectivity index (χ1v) is 9.24. The van der Waals surface area contributed by atoms with Crippen LogP contribution in [0.1, 0.15) is 29.3 Å². The van der Waals surface area contributed by atoms with Crippen molar-refractivity contribution >= 4 is 28.9 Å². The van der Waals surface area contributed by atoms with E-state index in [4.69, 9.17) is 16.3 Å². The van der Waals surface area contributed by atoms with Crippen LogP contribution < -0.4 is 4.74 Å². The van der Waals surface area contributed by atoms with Crippen molar-refractivity contribution < 1.29 is 19.0 Å². The third-order valence-electron chi connectivity index (χ3n) is 4.52. The minimum Gasteiger partial charge on any atom is -0.496 e. The summed E-state index contributed by atoms with van der Waals surface area (Å²) in [5.74, 6) is -0.992. The number of hydrogen-bond donors (Lipinski definition) is 1. The van der Waals surface area contributed by atoms with Gasteiger partial charge in [-0.1, -0.05) is 11.6 Å². The number of ether oxygens (including phenoxy) is 1. The SMILES string of the molecule is COc1ccc(F)cc1C(c1ccc(Cl)s1)N1CCCC(C(=O)O)C1. The number of carbonyl (C=O) groups is 1. The van der Waals surface area contributed by atoms with Gasteiger partial charge in [0, 0.05) is 17.0 Å². The first kappa shape index (κ1) is 18.2. The molecule has 0 radical (unpaired) electrons. The molecular weight excluding hydrogens is 365 g/mol. The summed E-state index contributed by atoms with van der Waals surface area (Å²) in [6.07, 6.45) is 1.44. The molecule has 0 spiro atoms. The number of hydrogen-bond acceptors (Lipinski definition) is 4. The lowest BCUT2D eigenvalue weighted by molar-refractivity contribution is -0.143. The van der Waals surface area contributed by atoms with Crippen LogP contribution in [0.5, 0.6) is 5.75 Å². The lowest BCUT2D eigenvalue weighted by atomic mass is 9.94. The molecule has 0 bridgehead atoms. The first-order chi connectivity index (χ1) is 12.0. The van der Waals surface area contributed by atoms with E-state index in [0.29, 0.717) is 28.6 Å². The highest BCUT2D eigenvalue weighted by molar-refractivity contribution is 7.16. The van der Waals surface area contributed by atoms with Crippen LogP contribution in [0.3, 0.4) is 0 Å². The lowest BCUT2D eigenvalue weighted by Gasteiger charge is -2.37. The quantitative estimate of drug-likeness (QED) is 0.829. The normalized spacial score (nSPS) is 19.6. The van der Waals surface area contributed by atoms with Crippen LogP contribution in [0.15, 0.2) is 30.3 Å². The second-order valence-corrected chi connectivity index (χ2v) is 7.85. The maximum Gasteiger partial charge on any atom is 0.307 e. The Morgan fingerprint density at radius 2 is 2.24 bits per heavy atom. The Balaban J connectivity index is 2.05. The summed E-state index contributed by atoms with van der Waals surface area (Å²) in [5, 5.41) is 9.40. The number of thiophene rings is 1. The van der Waals surface area contributed by atoms with Crippen molar-refractivity contribution in [1.29, 1.82) is 0 Å². The molecule has 7 heteroatoms. The summed E-state index contributed by atoms with van der Waals surface area (Å²) in [7, 11) is 1.55. The van der Waals surface area contributed by atoms with E-state index in [1.165, 1.54) is 23.5 Å². The van der Waals surface area contributed by atoms with Gasteiger partial charge in [0.2, 0.25) is 0 Å².